The zero-order chi connectivity index (χ0) is 16.1. The van der Waals surface area contributed by atoms with E-state index in [1.54, 1.807) is 4.90 Å². The summed E-state index contributed by atoms with van der Waals surface area (Å²) in [5.74, 6) is 0.103. The van der Waals surface area contributed by atoms with E-state index in [-0.39, 0.29) is 12.0 Å². The molecule has 1 aliphatic heterocycles. The molecule has 1 unspecified atom stereocenters. The number of carbonyl (C=O) groups is 1. The van der Waals surface area contributed by atoms with E-state index in [2.05, 4.69) is 29.2 Å². The molecule has 1 amide bonds. The molecule has 2 rings (SSSR count). The second-order valence-corrected chi connectivity index (χ2v) is 6.34. The highest BCUT2D eigenvalue weighted by molar-refractivity contribution is 5.78. The van der Waals surface area contributed by atoms with Crippen LogP contribution in [0.4, 0.5) is 5.69 Å². The summed E-state index contributed by atoms with van der Waals surface area (Å²) >= 11 is 0. The summed E-state index contributed by atoms with van der Waals surface area (Å²) < 4.78 is 0. The zero-order valence-corrected chi connectivity index (χ0v) is 13.8. The topological polar surface area (TPSA) is 47.0 Å². The number of benzene rings is 1. The first-order chi connectivity index (χ1) is 10.5. The molecular formula is C17H27N3O2. The number of hydrogen-bond acceptors (Lipinski definition) is 4. The van der Waals surface area contributed by atoms with Gasteiger partial charge in [0.2, 0.25) is 5.91 Å². The second-order valence-electron chi connectivity index (χ2n) is 6.34. The first kappa shape index (κ1) is 16.8. The summed E-state index contributed by atoms with van der Waals surface area (Å²) in [5, 5.41) is 9.67. The number of aliphatic hydroxyl groups excluding tert-OH is 1. The number of rotatable bonds is 5. The Morgan fingerprint density at radius 2 is 1.95 bits per heavy atom. The maximum absolute atomic E-state index is 12.3. The second kappa shape index (κ2) is 7.61. The summed E-state index contributed by atoms with van der Waals surface area (Å²) in [7, 11) is 5.86. The van der Waals surface area contributed by atoms with Crippen LogP contribution < -0.4 is 4.90 Å². The number of carbonyl (C=O) groups excluding carboxylic acids is 1. The van der Waals surface area contributed by atoms with Crippen LogP contribution in [0.15, 0.2) is 24.3 Å². The minimum absolute atomic E-state index is 0.103. The van der Waals surface area contributed by atoms with Gasteiger partial charge in [-0.3, -0.25) is 9.69 Å². The highest BCUT2D eigenvalue weighted by Crippen LogP contribution is 2.14. The molecule has 1 N–H and O–H groups in total. The van der Waals surface area contributed by atoms with Crippen LogP contribution in [0.2, 0.25) is 0 Å². The first-order valence-electron chi connectivity index (χ1n) is 7.86. The highest BCUT2D eigenvalue weighted by Gasteiger charge is 2.21. The van der Waals surface area contributed by atoms with Crippen LogP contribution in [0, 0.1) is 0 Å². The maximum atomic E-state index is 12.3. The lowest BCUT2D eigenvalue weighted by molar-refractivity contribution is -0.132. The molecule has 1 heterocycles. The monoisotopic (exact) mass is 305 g/mol. The quantitative estimate of drug-likeness (QED) is 0.887. The number of piperidine rings is 1. The molecule has 0 spiro atoms. The van der Waals surface area contributed by atoms with Gasteiger partial charge < -0.3 is 14.9 Å². The van der Waals surface area contributed by atoms with Crippen LogP contribution in [-0.4, -0.2) is 67.7 Å². The summed E-state index contributed by atoms with van der Waals surface area (Å²) in [6.45, 7) is 2.51. The van der Waals surface area contributed by atoms with Crippen molar-refractivity contribution in [2.45, 2.75) is 25.5 Å². The van der Waals surface area contributed by atoms with E-state index in [1.807, 2.05) is 26.0 Å². The van der Waals surface area contributed by atoms with Crippen LogP contribution in [0.1, 0.15) is 18.4 Å². The summed E-state index contributed by atoms with van der Waals surface area (Å²) in [4.78, 5) is 18.1. The van der Waals surface area contributed by atoms with Gasteiger partial charge in [0.15, 0.2) is 0 Å². The lowest BCUT2D eigenvalue weighted by Gasteiger charge is -2.30. The van der Waals surface area contributed by atoms with E-state index in [0.29, 0.717) is 19.6 Å². The van der Waals surface area contributed by atoms with E-state index in [0.717, 1.165) is 30.6 Å². The number of β-amino-alcohol motifs (C(OH)–C–C–N with tert-alkyl or cyclic N) is 1. The standard InChI is InChI=1S/C17H27N3O2/c1-18(2)15-8-6-14(7-9-15)11-19(3)17(22)13-20-10-4-5-16(21)12-20/h6-9,16,21H,4-5,10-13H2,1-3H3. The van der Waals surface area contributed by atoms with E-state index >= 15 is 0 Å². The van der Waals surface area contributed by atoms with Gasteiger partial charge in [-0.25, -0.2) is 0 Å². The molecule has 1 aromatic carbocycles. The molecule has 0 bridgehead atoms. The number of amides is 1. The molecule has 0 aromatic heterocycles. The van der Waals surface area contributed by atoms with Crippen molar-refractivity contribution in [2.75, 3.05) is 45.7 Å². The Morgan fingerprint density at radius 3 is 2.55 bits per heavy atom. The van der Waals surface area contributed by atoms with E-state index in [9.17, 15) is 9.90 Å². The van der Waals surface area contributed by atoms with Crippen molar-refractivity contribution in [3.8, 4) is 0 Å². The smallest absolute Gasteiger partial charge is 0.236 e. The Balaban J connectivity index is 1.85. The van der Waals surface area contributed by atoms with Crippen LogP contribution in [-0.2, 0) is 11.3 Å². The third-order valence-corrected chi connectivity index (χ3v) is 4.14. The third-order valence-electron chi connectivity index (χ3n) is 4.14. The van der Waals surface area contributed by atoms with Gasteiger partial charge in [0, 0.05) is 39.9 Å². The number of anilines is 1. The van der Waals surface area contributed by atoms with Gasteiger partial charge in [0.1, 0.15) is 0 Å². The molecular weight excluding hydrogens is 278 g/mol. The lowest BCUT2D eigenvalue weighted by Crippen LogP contribution is -2.44. The molecule has 5 nitrogen and oxygen atoms in total. The van der Waals surface area contributed by atoms with Crippen molar-refractivity contribution in [2.24, 2.45) is 0 Å². The molecule has 1 aromatic rings. The van der Waals surface area contributed by atoms with Crippen molar-refractivity contribution >= 4 is 11.6 Å². The Hall–Kier alpha value is -1.59. The minimum Gasteiger partial charge on any atom is -0.392 e. The Bertz CT molecular complexity index is 487. The summed E-state index contributed by atoms with van der Waals surface area (Å²) in [5.41, 5.74) is 2.28. The molecule has 0 radical (unpaired) electrons. The highest BCUT2D eigenvalue weighted by atomic mass is 16.3. The van der Waals surface area contributed by atoms with E-state index < -0.39 is 0 Å². The van der Waals surface area contributed by atoms with Gasteiger partial charge in [-0.15, -0.1) is 0 Å². The number of nitrogens with zero attached hydrogens (tertiary/aromatic N) is 3. The van der Waals surface area contributed by atoms with E-state index in [1.165, 1.54) is 0 Å². The van der Waals surface area contributed by atoms with Crippen molar-refractivity contribution in [3.05, 3.63) is 29.8 Å². The Labute approximate surface area is 133 Å². The predicted molar refractivity (Wildman–Crippen MR) is 88.9 cm³/mol. The van der Waals surface area contributed by atoms with Gasteiger partial charge >= 0.3 is 0 Å². The molecule has 5 heteroatoms. The number of likely N-dealkylation sites (N-methyl/N-ethyl adjacent to an activating group) is 1. The summed E-state index contributed by atoms with van der Waals surface area (Å²) in [6, 6.07) is 8.25. The molecule has 0 saturated carbocycles. The zero-order valence-electron chi connectivity index (χ0n) is 13.8. The van der Waals surface area contributed by atoms with Gasteiger partial charge in [-0.1, -0.05) is 12.1 Å². The average Bonchev–Trinajstić information content (AvgIpc) is 2.47. The lowest BCUT2D eigenvalue weighted by atomic mass is 10.1. The fraction of sp³-hybridized carbons (Fsp3) is 0.588. The van der Waals surface area contributed by atoms with Crippen molar-refractivity contribution in [1.29, 1.82) is 0 Å². The van der Waals surface area contributed by atoms with Gasteiger partial charge in [-0.2, -0.15) is 0 Å². The van der Waals surface area contributed by atoms with Gasteiger partial charge in [0.25, 0.3) is 0 Å². The Morgan fingerprint density at radius 1 is 1.27 bits per heavy atom. The number of aliphatic hydroxyl groups is 1. The molecule has 1 saturated heterocycles. The molecule has 22 heavy (non-hydrogen) atoms. The average molecular weight is 305 g/mol. The third kappa shape index (κ3) is 4.71. The molecule has 0 aliphatic carbocycles. The Kier molecular flexibility index (Phi) is 5.80. The predicted octanol–water partition coefficient (Wildman–Crippen LogP) is 1.17. The molecule has 1 atom stereocenters. The largest absolute Gasteiger partial charge is 0.392 e. The fourth-order valence-corrected chi connectivity index (χ4v) is 2.75. The maximum Gasteiger partial charge on any atom is 0.236 e. The van der Waals surface area contributed by atoms with Crippen molar-refractivity contribution in [1.82, 2.24) is 9.80 Å². The van der Waals surface area contributed by atoms with Gasteiger partial charge in [-0.05, 0) is 37.1 Å². The molecule has 1 aliphatic rings. The van der Waals surface area contributed by atoms with Crippen molar-refractivity contribution < 1.29 is 9.90 Å². The SMILES string of the molecule is CN(Cc1ccc(N(C)C)cc1)C(=O)CN1CCCC(O)C1. The molecule has 1 fully saturated rings. The van der Waals surface area contributed by atoms with Crippen molar-refractivity contribution in [3.63, 3.8) is 0 Å². The first-order valence-corrected chi connectivity index (χ1v) is 7.86. The number of likely N-dealkylation sites (tertiary alicyclic amines) is 1. The minimum atomic E-state index is -0.287. The van der Waals surface area contributed by atoms with E-state index in [4.69, 9.17) is 0 Å². The summed E-state index contributed by atoms with van der Waals surface area (Å²) in [6.07, 6.45) is 1.52. The number of hydrogen-bond donors (Lipinski definition) is 1. The normalized spacial score (nSPS) is 19.0. The fourth-order valence-electron chi connectivity index (χ4n) is 2.75. The van der Waals surface area contributed by atoms with Gasteiger partial charge in [0.05, 0.1) is 12.6 Å². The van der Waals surface area contributed by atoms with Crippen LogP contribution >= 0.6 is 0 Å². The van der Waals surface area contributed by atoms with Crippen LogP contribution in [0.5, 0.6) is 0 Å². The molecule has 122 valence electrons. The van der Waals surface area contributed by atoms with Crippen LogP contribution in [0.3, 0.4) is 0 Å². The van der Waals surface area contributed by atoms with Crippen LogP contribution in [0.25, 0.3) is 0 Å².